The van der Waals surface area contributed by atoms with Gasteiger partial charge in [-0.2, -0.15) is 0 Å². The first kappa shape index (κ1) is 24.5. The number of nitrogens with one attached hydrogen (secondary N) is 1. The summed E-state index contributed by atoms with van der Waals surface area (Å²) in [4.78, 5) is 26.7. The highest BCUT2D eigenvalue weighted by molar-refractivity contribution is 7.99. The maximum atomic E-state index is 12.9. The van der Waals surface area contributed by atoms with E-state index in [4.69, 9.17) is 4.74 Å². The molecule has 34 heavy (non-hydrogen) atoms. The Bertz CT molecular complexity index is 1190. The van der Waals surface area contributed by atoms with E-state index < -0.39 is 0 Å². The van der Waals surface area contributed by atoms with Crippen LogP contribution in [0.15, 0.2) is 29.4 Å². The zero-order valence-electron chi connectivity index (χ0n) is 19.8. The van der Waals surface area contributed by atoms with Crippen LogP contribution in [0.4, 0.5) is 5.00 Å². The minimum atomic E-state index is -0.380. The van der Waals surface area contributed by atoms with Crippen LogP contribution in [-0.4, -0.2) is 39.5 Å². The molecule has 0 spiro atoms. The molecule has 2 heterocycles. The van der Waals surface area contributed by atoms with E-state index in [2.05, 4.69) is 15.5 Å². The standard InChI is InChI=1S/C25H30N4O3S2/c1-4-29-22(17-12-10-9-11-16(17)2)27-28-25(29)33-15-20(30)26-23-21(24(31)32-3)18-13-7-5-6-8-14-19(18)34-23/h9-12H,4-8,13-15H2,1-3H3,(H,26,30). The first-order valence-corrected chi connectivity index (χ1v) is 13.5. The van der Waals surface area contributed by atoms with Gasteiger partial charge in [0.15, 0.2) is 11.0 Å². The van der Waals surface area contributed by atoms with Crippen LogP contribution in [-0.2, 0) is 28.9 Å². The van der Waals surface area contributed by atoms with Gasteiger partial charge in [0.25, 0.3) is 0 Å². The molecule has 0 atom stereocenters. The van der Waals surface area contributed by atoms with Gasteiger partial charge in [-0.25, -0.2) is 4.79 Å². The number of hydrogen-bond acceptors (Lipinski definition) is 7. The van der Waals surface area contributed by atoms with E-state index in [0.717, 1.165) is 54.6 Å². The van der Waals surface area contributed by atoms with E-state index >= 15 is 0 Å². The number of hydrogen-bond donors (Lipinski definition) is 1. The van der Waals surface area contributed by atoms with Crippen LogP contribution in [0.2, 0.25) is 0 Å². The SMILES string of the molecule is CCn1c(SCC(=O)Nc2sc3c(c2C(=O)OC)CCCCCC3)nnc1-c1ccccc1C. The van der Waals surface area contributed by atoms with Crippen molar-refractivity contribution in [2.75, 3.05) is 18.2 Å². The van der Waals surface area contributed by atoms with Crippen LogP contribution in [0, 0.1) is 6.92 Å². The fourth-order valence-corrected chi connectivity index (χ4v) is 6.42. The third-order valence-electron chi connectivity index (χ3n) is 6.07. The van der Waals surface area contributed by atoms with Crippen molar-refractivity contribution in [3.8, 4) is 11.4 Å². The number of aromatic nitrogens is 3. The molecule has 1 N–H and O–H groups in total. The van der Waals surface area contributed by atoms with Crippen molar-refractivity contribution in [1.29, 1.82) is 0 Å². The van der Waals surface area contributed by atoms with Gasteiger partial charge in [0, 0.05) is 17.0 Å². The molecule has 0 unspecified atom stereocenters. The van der Waals surface area contributed by atoms with Gasteiger partial charge in [-0.1, -0.05) is 48.9 Å². The molecule has 0 bridgehead atoms. The van der Waals surface area contributed by atoms with E-state index in [-0.39, 0.29) is 17.6 Å². The lowest BCUT2D eigenvalue weighted by molar-refractivity contribution is -0.113. The number of thiophene rings is 1. The van der Waals surface area contributed by atoms with E-state index in [1.165, 1.54) is 41.5 Å². The van der Waals surface area contributed by atoms with Crippen LogP contribution in [0.25, 0.3) is 11.4 Å². The van der Waals surface area contributed by atoms with Gasteiger partial charge in [-0.3, -0.25) is 4.79 Å². The monoisotopic (exact) mass is 498 g/mol. The Kier molecular flexibility index (Phi) is 8.05. The molecule has 180 valence electrons. The average molecular weight is 499 g/mol. The summed E-state index contributed by atoms with van der Waals surface area (Å²) in [6.45, 7) is 4.79. The van der Waals surface area contributed by atoms with Crippen LogP contribution >= 0.6 is 23.1 Å². The summed E-state index contributed by atoms with van der Waals surface area (Å²) >= 11 is 2.86. The van der Waals surface area contributed by atoms with E-state index in [1.54, 1.807) is 0 Å². The van der Waals surface area contributed by atoms with Crippen molar-refractivity contribution in [3.05, 3.63) is 45.8 Å². The van der Waals surface area contributed by atoms with Gasteiger partial charge < -0.3 is 14.6 Å². The Hall–Kier alpha value is -2.65. The van der Waals surface area contributed by atoms with E-state index in [1.807, 2.05) is 42.7 Å². The Morgan fingerprint density at radius 1 is 1.15 bits per heavy atom. The number of rotatable bonds is 7. The number of amides is 1. The summed E-state index contributed by atoms with van der Waals surface area (Å²) in [5.41, 5.74) is 3.74. The van der Waals surface area contributed by atoms with Crippen molar-refractivity contribution in [1.82, 2.24) is 14.8 Å². The molecule has 3 aromatic rings. The number of anilines is 1. The summed E-state index contributed by atoms with van der Waals surface area (Å²) in [5, 5.41) is 13.0. The maximum Gasteiger partial charge on any atom is 0.341 e. The average Bonchev–Trinajstić information content (AvgIpc) is 3.38. The van der Waals surface area contributed by atoms with Gasteiger partial charge in [0.2, 0.25) is 5.91 Å². The van der Waals surface area contributed by atoms with Crippen molar-refractivity contribution in [3.63, 3.8) is 0 Å². The Morgan fingerprint density at radius 2 is 1.91 bits per heavy atom. The van der Waals surface area contributed by atoms with Crippen LogP contribution < -0.4 is 5.32 Å². The number of fused-ring (bicyclic) bond motifs is 1. The lowest BCUT2D eigenvalue weighted by Gasteiger charge is -2.11. The number of methoxy groups -OCH3 is 1. The molecule has 1 aliphatic rings. The lowest BCUT2D eigenvalue weighted by atomic mass is 9.96. The predicted molar refractivity (Wildman–Crippen MR) is 137 cm³/mol. The summed E-state index contributed by atoms with van der Waals surface area (Å²) in [5.74, 6) is 0.423. The zero-order chi connectivity index (χ0) is 24.1. The summed E-state index contributed by atoms with van der Waals surface area (Å²) < 4.78 is 7.08. The Balaban J connectivity index is 1.50. The summed E-state index contributed by atoms with van der Waals surface area (Å²) in [6.07, 6.45) is 6.31. The minimum absolute atomic E-state index is 0.174. The number of nitrogens with zero attached hydrogens (tertiary/aromatic N) is 3. The molecule has 0 fully saturated rings. The minimum Gasteiger partial charge on any atom is -0.465 e. The molecule has 4 rings (SSSR count). The van der Waals surface area contributed by atoms with Gasteiger partial charge >= 0.3 is 5.97 Å². The molecule has 0 saturated carbocycles. The Morgan fingerprint density at radius 3 is 2.65 bits per heavy atom. The normalized spacial score (nSPS) is 13.6. The Labute approximate surface area is 208 Å². The number of benzene rings is 1. The molecule has 1 amide bonds. The molecule has 0 aliphatic heterocycles. The van der Waals surface area contributed by atoms with Crippen molar-refractivity contribution in [2.24, 2.45) is 0 Å². The topological polar surface area (TPSA) is 86.1 Å². The molecular formula is C25H30N4O3S2. The van der Waals surface area contributed by atoms with Gasteiger partial charge in [-0.05, 0) is 50.7 Å². The summed E-state index contributed by atoms with van der Waals surface area (Å²) in [7, 11) is 1.39. The first-order valence-electron chi connectivity index (χ1n) is 11.7. The van der Waals surface area contributed by atoms with Gasteiger partial charge in [0.1, 0.15) is 5.00 Å². The molecule has 9 heteroatoms. The second-order valence-electron chi connectivity index (χ2n) is 8.32. The molecule has 0 radical (unpaired) electrons. The molecule has 2 aromatic heterocycles. The number of thioether (sulfide) groups is 1. The third kappa shape index (κ3) is 5.20. The van der Waals surface area contributed by atoms with E-state index in [9.17, 15) is 9.59 Å². The smallest absolute Gasteiger partial charge is 0.341 e. The lowest BCUT2D eigenvalue weighted by Crippen LogP contribution is -2.17. The molecule has 1 aliphatic carbocycles. The fraction of sp³-hybridized carbons (Fsp3) is 0.440. The van der Waals surface area contributed by atoms with Crippen LogP contribution in [0.1, 0.15) is 59.0 Å². The van der Waals surface area contributed by atoms with Crippen molar-refractivity contribution < 1.29 is 14.3 Å². The molecule has 0 saturated heterocycles. The summed E-state index contributed by atoms with van der Waals surface area (Å²) in [6, 6.07) is 8.07. The highest BCUT2D eigenvalue weighted by Gasteiger charge is 2.26. The number of carbonyl (C=O) groups excluding carboxylic acids is 2. The fourth-order valence-electron chi connectivity index (χ4n) is 4.32. The number of esters is 1. The van der Waals surface area contributed by atoms with Crippen molar-refractivity contribution in [2.45, 2.75) is 64.1 Å². The van der Waals surface area contributed by atoms with Gasteiger partial charge in [0.05, 0.1) is 18.4 Å². The second-order valence-corrected chi connectivity index (χ2v) is 10.4. The largest absolute Gasteiger partial charge is 0.465 e. The number of aryl methyl sites for hydroxylation is 2. The van der Waals surface area contributed by atoms with Crippen LogP contribution in [0.3, 0.4) is 0 Å². The quantitative estimate of drug-likeness (QED) is 0.341. The number of ether oxygens (including phenoxy) is 1. The van der Waals surface area contributed by atoms with Gasteiger partial charge in [-0.15, -0.1) is 21.5 Å². The van der Waals surface area contributed by atoms with Crippen molar-refractivity contribution >= 4 is 40.0 Å². The molecule has 7 nitrogen and oxygen atoms in total. The third-order valence-corrected chi connectivity index (χ3v) is 8.24. The van der Waals surface area contributed by atoms with Crippen LogP contribution in [0.5, 0.6) is 0 Å². The first-order chi connectivity index (χ1) is 16.5. The number of carbonyl (C=O) groups is 2. The molecular weight excluding hydrogens is 468 g/mol. The zero-order valence-corrected chi connectivity index (χ0v) is 21.5. The predicted octanol–water partition coefficient (Wildman–Crippen LogP) is 5.51. The second kappa shape index (κ2) is 11.2. The maximum absolute atomic E-state index is 12.9. The van der Waals surface area contributed by atoms with E-state index in [0.29, 0.717) is 22.3 Å². The highest BCUT2D eigenvalue weighted by atomic mass is 32.2. The highest BCUT2D eigenvalue weighted by Crippen LogP contribution is 2.37. The molecule has 1 aromatic carbocycles.